The quantitative estimate of drug-likeness (QED) is 0.0455. The molecule has 0 aromatic heterocycles. The molecule has 0 fully saturated rings. The molecule has 0 aliphatic rings. The molecule has 0 heterocycles. The fraction of sp³-hybridized carbons (Fsp3) is 0.919. The number of carbonyl (C=O) groups excluding carboxylic acids is 1. The summed E-state index contributed by atoms with van der Waals surface area (Å²) in [6, 6.07) is 0. The van der Waals surface area contributed by atoms with Crippen LogP contribution in [0.4, 0.5) is 0 Å². The summed E-state index contributed by atoms with van der Waals surface area (Å²) in [6.07, 6.45) is 29.6. The molecule has 0 aliphatic heterocycles. The van der Waals surface area contributed by atoms with Crippen molar-refractivity contribution in [2.24, 2.45) is 0 Å². The molecular weight excluding hydrogens is 522 g/mol. The van der Waals surface area contributed by atoms with Crippen molar-refractivity contribution in [2.75, 3.05) is 32.8 Å². The topological polar surface area (TPSA) is 59.0 Å². The maximum Gasteiger partial charge on any atom is 0.305 e. The monoisotopic (exact) mass is 596 g/mol. The minimum absolute atomic E-state index is 0.0215. The zero-order valence-corrected chi connectivity index (χ0v) is 28.6. The van der Waals surface area contributed by atoms with Crippen LogP contribution in [-0.4, -0.2) is 54.9 Å². The third-order valence-electron chi connectivity index (χ3n) is 8.31. The Hall–Kier alpha value is -1.07. The van der Waals surface area contributed by atoms with Crippen molar-refractivity contribution in [3.8, 4) is 0 Å². The molecule has 0 aromatic carbocycles. The van der Waals surface area contributed by atoms with Gasteiger partial charge in [0.15, 0.2) is 0 Å². The Bertz CT molecular complexity index is 574. The fourth-order valence-corrected chi connectivity index (χ4v) is 5.54. The summed E-state index contributed by atoms with van der Waals surface area (Å²) in [4.78, 5) is 14.3. The number of hydrogen-bond donors (Lipinski definition) is 1. The van der Waals surface area contributed by atoms with E-state index < -0.39 is 0 Å². The Morgan fingerprint density at radius 2 is 1.10 bits per heavy atom. The number of allylic oxidation sites excluding steroid dienone is 1. The normalized spacial score (nSPS) is 11.5. The number of carbonyl (C=O) groups is 1. The molecule has 0 unspecified atom stereocenters. The number of esters is 1. The van der Waals surface area contributed by atoms with E-state index in [9.17, 15) is 9.90 Å². The van der Waals surface area contributed by atoms with Crippen LogP contribution in [0.5, 0.6) is 0 Å². The molecule has 0 radical (unpaired) electrons. The van der Waals surface area contributed by atoms with Crippen molar-refractivity contribution in [1.82, 2.24) is 4.90 Å². The first-order chi connectivity index (χ1) is 20.6. The first kappa shape index (κ1) is 40.9. The van der Waals surface area contributed by atoms with Gasteiger partial charge in [0.05, 0.1) is 25.1 Å². The van der Waals surface area contributed by atoms with Gasteiger partial charge < -0.3 is 19.5 Å². The van der Waals surface area contributed by atoms with E-state index in [1.165, 1.54) is 116 Å². The third kappa shape index (κ3) is 29.0. The van der Waals surface area contributed by atoms with Gasteiger partial charge in [-0.25, -0.2) is 0 Å². The first-order valence-electron chi connectivity index (χ1n) is 18.4. The van der Waals surface area contributed by atoms with Crippen molar-refractivity contribution < 1.29 is 19.4 Å². The highest BCUT2D eigenvalue weighted by Crippen LogP contribution is 2.19. The van der Waals surface area contributed by atoms with Gasteiger partial charge in [-0.2, -0.15) is 0 Å². The lowest BCUT2D eigenvalue weighted by Crippen LogP contribution is -2.29. The van der Waals surface area contributed by atoms with E-state index in [2.05, 4.69) is 32.3 Å². The molecule has 0 rings (SSSR count). The van der Waals surface area contributed by atoms with Gasteiger partial charge in [-0.3, -0.25) is 4.79 Å². The standard InChI is InChI=1S/C37H73NO4/c1-5-8-11-12-13-20-25-34-41-37(40)29-22-17-15-19-24-31-38(32-33-39)30-23-18-14-16-21-26-35(4)42-36(27-9-6-2)28-10-7-3/h36,39H,4-34H2,1-3H3. The highest BCUT2D eigenvalue weighted by molar-refractivity contribution is 5.69. The third-order valence-corrected chi connectivity index (χ3v) is 8.31. The fourth-order valence-electron chi connectivity index (χ4n) is 5.54. The minimum atomic E-state index is -0.0215. The van der Waals surface area contributed by atoms with Crippen LogP contribution in [-0.2, 0) is 14.3 Å². The number of nitrogens with zero attached hydrogens (tertiary/aromatic N) is 1. The van der Waals surface area contributed by atoms with E-state index in [0.29, 0.717) is 19.1 Å². The van der Waals surface area contributed by atoms with Crippen molar-refractivity contribution in [3.63, 3.8) is 0 Å². The van der Waals surface area contributed by atoms with Gasteiger partial charge in [-0.15, -0.1) is 0 Å². The van der Waals surface area contributed by atoms with E-state index in [1.807, 2.05) is 0 Å². The van der Waals surface area contributed by atoms with Gasteiger partial charge in [0.1, 0.15) is 0 Å². The molecule has 0 spiro atoms. The van der Waals surface area contributed by atoms with Crippen LogP contribution < -0.4 is 0 Å². The van der Waals surface area contributed by atoms with E-state index in [0.717, 1.165) is 63.9 Å². The second kappa shape index (κ2) is 32.8. The Morgan fingerprint density at radius 3 is 1.64 bits per heavy atom. The van der Waals surface area contributed by atoms with Gasteiger partial charge in [-0.05, 0) is 58.0 Å². The molecule has 0 atom stereocenters. The van der Waals surface area contributed by atoms with Crippen molar-refractivity contribution >= 4 is 5.97 Å². The predicted molar refractivity (Wildman–Crippen MR) is 181 cm³/mol. The number of unbranched alkanes of at least 4 members (excludes halogenated alkanes) is 16. The number of aliphatic hydroxyl groups is 1. The average molecular weight is 596 g/mol. The van der Waals surface area contributed by atoms with Gasteiger partial charge in [0.25, 0.3) is 0 Å². The van der Waals surface area contributed by atoms with Crippen LogP contribution in [0.1, 0.15) is 181 Å². The Kier molecular flexibility index (Phi) is 32.0. The SMILES string of the molecule is C=C(CCCCCCCN(CCO)CCCCCCCC(=O)OCCCCCCCCC)OC(CCCC)CCCC. The lowest BCUT2D eigenvalue weighted by molar-refractivity contribution is -0.143. The smallest absolute Gasteiger partial charge is 0.305 e. The number of ether oxygens (including phenoxy) is 2. The van der Waals surface area contributed by atoms with Crippen molar-refractivity contribution in [1.29, 1.82) is 0 Å². The van der Waals surface area contributed by atoms with Gasteiger partial charge >= 0.3 is 5.97 Å². The van der Waals surface area contributed by atoms with Gasteiger partial charge in [0, 0.05) is 19.4 Å². The summed E-state index contributed by atoms with van der Waals surface area (Å²) in [5.74, 6) is 0.965. The predicted octanol–water partition coefficient (Wildman–Crippen LogP) is 10.5. The maximum absolute atomic E-state index is 11.9. The molecule has 0 bridgehead atoms. The molecule has 0 amide bonds. The van der Waals surface area contributed by atoms with Gasteiger partial charge in [-0.1, -0.05) is 130 Å². The lowest BCUT2D eigenvalue weighted by Gasteiger charge is -2.21. The number of rotatable bonds is 34. The molecule has 5 heteroatoms. The Morgan fingerprint density at radius 1 is 0.619 bits per heavy atom. The molecule has 0 saturated carbocycles. The van der Waals surface area contributed by atoms with Crippen LogP contribution in [0.25, 0.3) is 0 Å². The Labute approximate surface area is 262 Å². The summed E-state index contributed by atoms with van der Waals surface area (Å²) in [5.41, 5.74) is 0. The van der Waals surface area contributed by atoms with Crippen molar-refractivity contribution in [2.45, 2.75) is 187 Å². The van der Waals surface area contributed by atoms with Gasteiger partial charge in [0.2, 0.25) is 0 Å². The second-order valence-corrected chi connectivity index (χ2v) is 12.5. The van der Waals surface area contributed by atoms with Crippen LogP contribution in [0.2, 0.25) is 0 Å². The van der Waals surface area contributed by atoms with E-state index in [1.54, 1.807) is 0 Å². The number of hydrogen-bond acceptors (Lipinski definition) is 5. The molecule has 0 aromatic rings. The van der Waals surface area contributed by atoms with E-state index in [-0.39, 0.29) is 12.6 Å². The van der Waals surface area contributed by atoms with E-state index >= 15 is 0 Å². The molecular formula is C37H73NO4. The number of aliphatic hydroxyl groups excluding tert-OH is 1. The average Bonchev–Trinajstić information content (AvgIpc) is 2.98. The summed E-state index contributed by atoms with van der Waals surface area (Å²) in [5, 5.41) is 9.47. The van der Waals surface area contributed by atoms with Crippen LogP contribution >= 0.6 is 0 Å². The van der Waals surface area contributed by atoms with Crippen LogP contribution in [0.15, 0.2) is 12.3 Å². The zero-order valence-electron chi connectivity index (χ0n) is 28.6. The minimum Gasteiger partial charge on any atom is -0.495 e. The summed E-state index contributed by atoms with van der Waals surface area (Å²) >= 11 is 0. The summed E-state index contributed by atoms with van der Waals surface area (Å²) < 4.78 is 11.6. The highest BCUT2D eigenvalue weighted by Gasteiger charge is 2.10. The first-order valence-corrected chi connectivity index (χ1v) is 18.4. The molecule has 0 aliphatic carbocycles. The van der Waals surface area contributed by atoms with E-state index in [4.69, 9.17) is 9.47 Å². The van der Waals surface area contributed by atoms with Crippen LogP contribution in [0, 0.1) is 0 Å². The lowest BCUT2D eigenvalue weighted by atomic mass is 10.1. The largest absolute Gasteiger partial charge is 0.495 e. The Balaban J connectivity index is 3.72. The maximum atomic E-state index is 11.9. The highest BCUT2D eigenvalue weighted by atomic mass is 16.5. The molecule has 0 saturated heterocycles. The van der Waals surface area contributed by atoms with Crippen molar-refractivity contribution in [3.05, 3.63) is 12.3 Å². The second-order valence-electron chi connectivity index (χ2n) is 12.5. The molecule has 5 nitrogen and oxygen atoms in total. The summed E-state index contributed by atoms with van der Waals surface area (Å²) in [7, 11) is 0. The molecule has 1 N–H and O–H groups in total. The van der Waals surface area contributed by atoms with Crippen LogP contribution in [0.3, 0.4) is 0 Å². The molecule has 42 heavy (non-hydrogen) atoms. The zero-order chi connectivity index (χ0) is 30.9. The molecule has 250 valence electrons. The summed E-state index contributed by atoms with van der Waals surface area (Å²) in [6.45, 7) is 14.7.